The molecule has 1 fully saturated rings. The van der Waals surface area contributed by atoms with E-state index in [9.17, 15) is 14.4 Å². The second kappa shape index (κ2) is 5.80. The predicted molar refractivity (Wildman–Crippen MR) is 67.6 cm³/mol. The fraction of sp³-hybridized carbons (Fsp3) is 0.615. The van der Waals surface area contributed by atoms with E-state index in [0.29, 0.717) is 6.42 Å². The van der Waals surface area contributed by atoms with Crippen LogP contribution < -0.4 is 10.6 Å². The van der Waals surface area contributed by atoms with Gasteiger partial charge in [0.05, 0.1) is 0 Å². The van der Waals surface area contributed by atoms with Crippen LogP contribution in [-0.4, -0.2) is 17.8 Å². The summed E-state index contributed by atoms with van der Waals surface area (Å²) in [7, 11) is 0. The Balaban J connectivity index is 3.12. The number of barbiturate groups is 1. The number of urea groups is 1. The van der Waals surface area contributed by atoms with Gasteiger partial charge in [-0.25, -0.2) is 4.79 Å². The fourth-order valence-electron chi connectivity index (χ4n) is 2.38. The molecule has 1 aliphatic rings. The second-order valence-electron chi connectivity index (χ2n) is 4.67. The first kappa shape index (κ1) is 14.4. The molecule has 1 saturated heterocycles. The first-order valence-electron chi connectivity index (χ1n) is 6.27. The maximum Gasteiger partial charge on any atom is 0.328 e. The van der Waals surface area contributed by atoms with Crippen molar-refractivity contribution < 1.29 is 14.4 Å². The minimum atomic E-state index is -1.17. The van der Waals surface area contributed by atoms with E-state index in [1.165, 1.54) is 0 Å². The van der Waals surface area contributed by atoms with Gasteiger partial charge in [0, 0.05) is 0 Å². The minimum absolute atomic E-state index is 0.119. The number of carbonyl (C=O) groups is 3. The molecule has 1 aliphatic heterocycles. The van der Waals surface area contributed by atoms with Gasteiger partial charge >= 0.3 is 6.03 Å². The lowest BCUT2D eigenvalue weighted by atomic mass is 9.69. The molecule has 0 aromatic heterocycles. The van der Waals surface area contributed by atoms with Crippen LogP contribution in [0, 0.1) is 11.3 Å². The van der Waals surface area contributed by atoms with Gasteiger partial charge in [0.15, 0.2) is 0 Å². The zero-order chi connectivity index (χ0) is 13.8. The monoisotopic (exact) mass is 252 g/mol. The Morgan fingerprint density at radius 1 is 1.22 bits per heavy atom. The Labute approximate surface area is 107 Å². The summed E-state index contributed by atoms with van der Waals surface area (Å²) in [5.74, 6) is -1.10. The van der Waals surface area contributed by atoms with E-state index in [4.69, 9.17) is 0 Å². The summed E-state index contributed by atoms with van der Waals surface area (Å²) in [6.45, 7) is 5.72. The van der Waals surface area contributed by atoms with E-state index in [1.807, 2.05) is 20.8 Å². The van der Waals surface area contributed by atoms with Crippen LogP contribution in [0.25, 0.3) is 0 Å². The highest BCUT2D eigenvalue weighted by Gasteiger charge is 2.52. The van der Waals surface area contributed by atoms with Gasteiger partial charge in [-0.15, -0.1) is 0 Å². The summed E-state index contributed by atoms with van der Waals surface area (Å²) in [5.41, 5.74) is -1.17. The number of nitrogens with one attached hydrogen (secondary N) is 2. The largest absolute Gasteiger partial charge is 0.328 e. The van der Waals surface area contributed by atoms with Crippen LogP contribution >= 0.6 is 0 Å². The van der Waals surface area contributed by atoms with Crippen LogP contribution in [0.15, 0.2) is 12.2 Å². The lowest BCUT2D eigenvalue weighted by Crippen LogP contribution is -2.64. The molecule has 1 unspecified atom stereocenters. The summed E-state index contributed by atoms with van der Waals surface area (Å²) in [6.07, 6.45) is 5.55. The summed E-state index contributed by atoms with van der Waals surface area (Å²) < 4.78 is 0. The Hall–Kier alpha value is -1.65. The molecule has 0 aliphatic carbocycles. The quantitative estimate of drug-likeness (QED) is 0.578. The third-order valence-corrected chi connectivity index (χ3v) is 3.50. The molecule has 0 aromatic rings. The highest BCUT2D eigenvalue weighted by atomic mass is 16.2. The number of allylic oxidation sites excluding steroid dienone is 2. The SMILES string of the molecule is C/C=C/CC1(C(C)CCC)C(=O)NC(=O)NC1=O. The van der Waals surface area contributed by atoms with Crippen molar-refractivity contribution in [3.05, 3.63) is 12.2 Å². The fourth-order valence-corrected chi connectivity index (χ4v) is 2.38. The van der Waals surface area contributed by atoms with Crippen LogP contribution in [0.5, 0.6) is 0 Å². The third kappa shape index (κ3) is 2.44. The van der Waals surface area contributed by atoms with Crippen LogP contribution in [-0.2, 0) is 9.59 Å². The molecule has 1 heterocycles. The van der Waals surface area contributed by atoms with Crippen LogP contribution in [0.2, 0.25) is 0 Å². The number of carbonyl (C=O) groups excluding carboxylic acids is 3. The molecule has 1 rings (SSSR count). The first-order valence-corrected chi connectivity index (χ1v) is 6.27. The van der Waals surface area contributed by atoms with Gasteiger partial charge < -0.3 is 0 Å². The average Bonchev–Trinajstić information content (AvgIpc) is 2.28. The number of hydrogen-bond acceptors (Lipinski definition) is 3. The smallest absolute Gasteiger partial charge is 0.277 e. The molecular formula is C13H20N2O3. The topological polar surface area (TPSA) is 75.3 Å². The van der Waals surface area contributed by atoms with Gasteiger partial charge in [0.1, 0.15) is 5.41 Å². The normalized spacial score (nSPS) is 20.7. The molecule has 5 heteroatoms. The third-order valence-electron chi connectivity index (χ3n) is 3.50. The molecule has 100 valence electrons. The van der Waals surface area contributed by atoms with Crippen molar-refractivity contribution in [2.24, 2.45) is 11.3 Å². The molecule has 1 atom stereocenters. The standard InChI is InChI=1S/C13H20N2O3/c1-4-6-8-13(9(3)7-5-2)10(16)14-12(18)15-11(13)17/h4,6,9H,5,7-8H2,1-3H3,(H2,14,15,16,17,18)/b6-4+. The number of hydrogen-bond donors (Lipinski definition) is 2. The van der Waals surface area contributed by atoms with Gasteiger partial charge in [-0.2, -0.15) is 0 Å². The zero-order valence-electron chi connectivity index (χ0n) is 11.1. The molecule has 0 bridgehead atoms. The van der Waals surface area contributed by atoms with Crippen molar-refractivity contribution in [1.29, 1.82) is 0 Å². The van der Waals surface area contributed by atoms with E-state index in [1.54, 1.807) is 12.2 Å². The van der Waals surface area contributed by atoms with Gasteiger partial charge in [-0.05, 0) is 25.7 Å². The number of amides is 4. The van der Waals surface area contributed by atoms with Crippen molar-refractivity contribution in [1.82, 2.24) is 10.6 Å². The average molecular weight is 252 g/mol. The van der Waals surface area contributed by atoms with Gasteiger partial charge in [-0.1, -0.05) is 32.4 Å². The van der Waals surface area contributed by atoms with Crippen LogP contribution in [0.1, 0.15) is 40.0 Å². The molecule has 18 heavy (non-hydrogen) atoms. The van der Waals surface area contributed by atoms with E-state index in [0.717, 1.165) is 12.8 Å². The minimum Gasteiger partial charge on any atom is -0.277 e. The van der Waals surface area contributed by atoms with Crippen LogP contribution in [0.4, 0.5) is 4.79 Å². The Bertz CT molecular complexity index is 368. The summed E-state index contributed by atoms with van der Waals surface area (Å²) in [4.78, 5) is 35.4. The molecule has 2 N–H and O–H groups in total. The van der Waals surface area contributed by atoms with Gasteiger partial charge in [0.25, 0.3) is 0 Å². The number of imide groups is 2. The highest BCUT2D eigenvalue weighted by molar-refractivity contribution is 6.19. The highest BCUT2D eigenvalue weighted by Crippen LogP contribution is 2.37. The van der Waals surface area contributed by atoms with Gasteiger partial charge in [0.2, 0.25) is 11.8 Å². The molecule has 0 saturated carbocycles. The first-order chi connectivity index (χ1) is 8.48. The summed E-state index contributed by atoms with van der Waals surface area (Å²) in [6, 6.07) is -0.732. The van der Waals surface area contributed by atoms with E-state index in [-0.39, 0.29) is 5.92 Å². The van der Waals surface area contributed by atoms with E-state index < -0.39 is 23.3 Å². The van der Waals surface area contributed by atoms with Crippen molar-refractivity contribution in [2.45, 2.75) is 40.0 Å². The lowest BCUT2D eigenvalue weighted by molar-refractivity contribution is -0.148. The molecular weight excluding hydrogens is 232 g/mol. The van der Waals surface area contributed by atoms with Crippen molar-refractivity contribution in [3.63, 3.8) is 0 Å². The maximum atomic E-state index is 12.1. The summed E-state index contributed by atoms with van der Waals surface area (Å²) in [5, 5.41) is 4.41. The maximum absolute atomic E-state index is 12.1. The molecule has 0 aromatic carbocycles. The molecule has 0 spiro atoms. The van der Waals surface area contributed by atoms with Gasteiger partial charge in [-0.3, -0.25) is 20.2 Å². The number of rotatable bonds is 5. The molecule has 0 radical (unpaired) electrons. The van der Waals surface area contributed by atoms with Crippen molar-refractivity contribution in [3.8, 4) is 0 Å². The molecule has 4 amide bonds. The van der Waals surface area contributed by atoms with Crippen molar-refractivity contribution >= 4 is 17.8 Å². The summed E-state index contributed by atoms with van der Waals surface area (Å²) >= 11 is 0. The Morgan fingerprint density at radius 3 is 2.22 bits per heavy atom. The zero-order valence-corrected chi connectivity index (χ0v) is 11.1. The van der Waals surface area contributed by atoms with Crippen LogP contribution in [0.3, 0.4) is 0 Å². The van der Waals surface area contributed by atoms with E-state index >= 15 is 0 Å². The second-order valence-corrected chi connectivity index (χ2v) is 4.67. The Kier molecular flexibility index (Phi) is 4.64. The Morgan fingerprint density at radius 2 is 1.78 bits per heavy atom. The van der Waals surface area contributed by atoms with Crippen molar-refractivity contribution in [2.75, 3.05) is 0 Å². The lowest BCUT2D eigenvalue weighted by Gasteiger charge is -2.37. The predicted octanol–water partition coefficient (Wildman–Crippen LogP) is 1.74. The molecule has 5 nitrogen and oxygen atoms in total. The van der Waals surface area contributed by atoms with E-state index in [2.05, 4.69) is 10.6 Å².